The number of nitriles is 1. The van der Waals surface area contributed by atoms with Crippen LogP contribution in [0, 0.1) is 21.4 Å². The fourth-order valence-electron chi connectivity index (χ4n) is 1.33. The van der Waals surface area contributed by atoms with Crippen LogP contribution in [0.5, 0.6) is 5.88 Å². The number of nitro groups is 1. The summed E-state index contributed by atoms with van der Waals surface area (Å²) >= 11 is 0. The lowest BCUT2D eigenvalue weighted by atomic mass is 10.1. The Morgan fingerprint density at radius 3 is 2.50 bits per heavy atom. The van der Waals surface area contributed by atoms with Crippen molar-refractivity contribution in [3.05, 3.63) is 27.4 Å². The van der Waals surface area contributed by atoms with E-state index in [4.69, 9.17) is 5.26 Å². The predicted molar refractivity (Wildman–Crippen MR) is 51.8 cm³/mol. The van der Waals surface area contributed by atoms with E-state index < -0.39 is 47.0 Å². The van der Waals surface area contributed by atoms with Gasteiger partial charge >= 0.3 is 12.0 Å². The minimum atomic E-state index is -5.20. The first-order chi connectivity index (χ1) is 9.15. The molecule has 0 atom stereocenters. The van der Waals surface area contributed by atoms with Crippen molar-refractivity contribution in [2.24, 2.45) is 0 Å². The number of halogens is 5. The van der Waals surface area contributed by atoms with Crippen LogP contribution in [0.25, 0.3) is 0 Å². The van der Waals surface area contributed by atoms with Crippen molar-refractivity contribution in [3.8, 4) is 11.9 Å². The third-order valence-corrected chi connectivity index (χ3v) is 1.96. The van der Waals surface area contributed by atoms with Gasteiger partial charge in [-0.3, -0.25) is 10.1 Å². The molecule has 0 saturated heterocycles. The third kappa shape index (κ3) is 3.74. The summed E-state index contributed by atoms with van der Waals surface area (Å²) in [4.78, 5) is 12.5. The molecule has 1 aromatic heterocycles. The largest absolute Gasteiger partial charge is 0.574 e. The van der Waals surface area contributed by atoms with E-state index in [1.165, 1.54) is 6.07 Å². The molecule has 11 heteroatoms. The van der Waals surface area contributed by atoms with E-state index in [1.807, 2.05) is 0 Å². The predicted octanol–water partition coefficient (Wildman–Crippen LogP) is 2.89. The van der Waals surface area contributed by atoms with Crippen molar-refractivity contribution in [2.45, 2.75) is 19.2 Å². The minimum absolute atomic E-state index is 0.122. The SMILES string of the molecule is N#CCc1nc(OC(F)(F)F)cc(C(F)F)c1[N+](=O)[O-]. The molecular formula is C9H4F5N3O3. The molecular weight excluding hydrogens is 293 g/mol. The summed E-state index contributed by atoms with van der Waals surface area (Å²) < 4.78 is 64.7. The molecule has 0 aliphatic rings. The fraction of sp³-hybridized carbons (Fsp3) is 0.333. The second kappa shape index (κ2) is 5.64. The second-order valence-corrected chi connectivity index (χ2v) is 3.29. The fourth-order valence-corrected chi connectivity index (χ4v) is 1.33. The maximum absolute atomic E-state index is 12.7. The van der Waals surface area contributed by atoms with Gasteiger partial charge in [-0.25, -0.2) is 13.8 Å². The van der Waals surface area contributed by atoms with Gasteiger partial charge in [0.25, 0.3) is 6.43 Å². The first-order valence-electron chi connectivity index (χ1n) is 4.74. The lowest BCUT2D eigenvalue weighted by Gasteiger charge is -2.11. The first-order valence-corrected chi connectivity index (χ1v) is 4.74. The van der Waals surface area contributed by atoms with Crippen molar-refractivity contribution in [1.29, 1.82) is 5.26 Å². The third-order valence-electron chi connectivity index (χ3n) is 1.96. The van der Waals surface area contributed by atoms with Crippen LogP contribution < -0.4 is 4.74 Å². The molecule has 0 aromatic carbocycles. The van der Waals surface area contributed by atoms with Crippen molar-refractivity contribution in [3.63, 3.8) is 0 Å². The van der Waals surface area contributed by atoms with Gasteiger partial charge in [-0.2, -0.15) is 5.26 Å². The Labute approximate surface area is 107 Å². The highest BCUT2D eigenvalue weighted by Gasteiger charge is 2.35. The van der Waals surface area contributed by atoms with Crippen LogP contribution in [-0.4, -0.2) is 16.3 Å². The van der Waals surface area contributed by atoms with E-state index in [1.54, 1.807) is 0 Å². The lowest BCUT2D eigenvalue weighted by Crippen LogP contribution is -2.19. The van der Waals surface area contributed by atoms with Crippen molar-refractivity contribution in [1.82, 2.24) is 4.98 Å². The Hall–Kier alpha value is -2.51. The van der Waals surface area contributed by atoms with E-state index in [9.17, 15) is 32.1 Å². The van der Waals surface area contributed by atoms with Gasteiger partial charge in [-0.05, 0) is 0 Å². The van der Waals surface area contributed by atoms with Crippen molar-refractivity contribution in [2.75, 3.05) is 0 Å². The molecule has 0 spiro atoms. The van der Waals surface area contributed by atoms with Crippen molar-refractivity contribution >= 4 is 5.69 Å². The molecule has 0 aliphatic carbocycles. The number of aromatic nitrogens is 1. The van der Waals surface area contributed by atoms with Crippen LogP contribution in [0.15, 0.2) is 6.07 Å². The normalized spacial score (nSPS) is 11.2. The second-order valence-electron chi connectivity index (χ2n) is 3.29. The van der Waals surface area contributed by atoms with E-state index in [-0.39, 0.29) is 6.07 Å². The van der Waals surface area contributed by atoms with Gasteiger partial charge in [0.1, 0.15) is 11.3 Å². The molecule has 6 nitrogen and oxygen atoms in total. The lowest BCUT2D eigenvalue weighted by molar-refractivity contribution is -0.387. The molecule has 0 fully saturated rings. The molecule has 0 radical (unpaired) electrons. The maximum atomic E-state index is 12.7. The smallest absolute Gasteiger partial charge is 0.388 e. The quantitative estimate of drug-likeness (QED) is 0.484. The van der Waals surface area contributed by atoms with Gasteiger partial charge in [0, 0.05) is 6.07 Å². The Morgan fingerprint density at radius 2 is 2.10 bits per heavy atom. The molecule has 0 unspecified atom stereocenters. The van der Waals surface area contributed by atoms with Crippen LogP contribution in [-0.2, 0) is 6.42 Å². The Bertz CT molecular complexity index is 567. The van der Waals surface area contributed by atoms with Gasteiger partial charge in [-0.15, -0.1) is 13.2 Å². The Kier molecular flexibility index (Phi) is 4.38. The van der Waals surface area contributed by atoms with Crippen molar-refractivity contribution < 1.29 is 31.6 Å². The summed E-state index contributed by atoms with van der Waals surface area (Å²) in [5.74, 6) is -1.29. The zero-order valence-corrected chi connectivity index (χ0v) is 9.32. The monoisotopic (exact) mass is 297 g/mol. The average molecular weight is 297 g/mol. The summed E-state index contributed by atoms with van der Waals surface area (Å²) in [5.41, 5.74) is -3.32. The highest BCUT2D eigenvalue weighted by Crippen LogP contribution is 2.35. The number of nitrogens with zero attached hydrogens (tertiary/aromatic N) is 3. The summed E-state index contributed by atoms with van der Waals surface area (Å²) in [6.07, 6.45) is -9.44. The number of rotatable bonds is 4. The molecule has 1 heterocycles. The number of pyridine rings is 1. The molecule has 108 valence electrons. The van der Waals surface area contributed by atoms with Crippen LogP contribution in [0.1, 0.15) is 17.7 Å². The first kappa shape index (κ1) is 15.5. The number of hydrogen-bond donors (Lipinski definition) is 0. The molecule has 0 aliphatic heterocycles. The highest BCUT2D eigenvalue weighted by atomic mass is 19.4. The molecule has 1 aromatic rings. The summed E-state index contributed by atoms with van der Waals surface area (Å²) in [7, 11) is 0. The van der Waals surface area contributed by atoms with Gasteiger partial charge in [-0.1, -0.05) is 0 Å². The standard InChI is InChI=1S/C9H4F5N3O3/c10-8(11)4-3-6(20-9(12,13)14)16-5(1-2-15)7(4)17(18)19/h3,8H,1H2. The number of ether oxygens (including phenoxy) is 1. The number of hydrogen-bond acceptors (Lipinski definition) is 5. The van der Waals surface area contributed by atoms with E-state index >= 15 is 0 Å². The summed E-state index contributed by atoms with van der Waals surface area (Å²) in [6, 6.07) is 1.51. The highest BCUT2D eigenvalue weighted by molar-refractivity contribution is 5.48. The van der Waals surface area contributed by atoms with Crippen LogP contribution in [0.2, 0.25) is 0 Å². The molecule has 0 amide bonds. The summed E-state index contributed by atoms with van der Waals surface area (Å²) in [6.45, 7) is 0. The molecule has 0 saturated carbocycles. The van der Waals surface area contributed by atoms with Crippen LogP contribution in [0.3, 0.4) is 0 Å². The molecule has 1 rings (SSSR count). The summed E-state index contributed by atoms with van der Waals surface area (Å²) in [5, 5.41) is 19.1. The molecule has 0 bridgehead atoms. The zero-order chi connectivity index (χ0) is 15.5. The van der Waals surface area contributed by atoms with Crippen LogP contribution in [0.4, 0.5) is 27.6 Å². The van der Waals surface area contributed by atoms with E-state index in [2.05, 4.69) is 9.72 Å². The van der Waals surface area contributed by atoms with Gasteiger partial charge in [0.05, 0.1) is 17.4 Å². The topological polar surface area (TPSA) is 89.0 Å². The zero-order valence-electron chi connectivity index (χ0n) is 9.32. The van der Waals surface area contributed by atoms with Gasteiger partial charge in [0.15, 0.2) is 0 Å². The van der Waals surface area contributed by atoms with Crippen LogP contribution >= 0.6 is 0 Å². The van der Waals surface area contributed by atoms with E-state index in [0.717, 1.165) is 0 Å². The maximum Gasteiger partial charge on any atom is 0.574 e. The Balaban J connectivity index is 3.46. The molecule has 20 heavy (non-hydrogen) atoms. The minimum Gasteiger partial charge on any atom is -0.388 e. The Morgan fingerprint density at radius 1 is 1.50 bits per heavy atom. The van der Waals surface area contributed by atoms with Gasteiger partial charge < -0.3 is 4.74 Å². The van der Waals surface area contributed by atoms with Gasteiger partial charge in [0.2, 0.25) is 5.88 Å². The molecule has 0 N–H and O–H groups in total. The van der Waals surface area contributed by atoms with E-state index in [0.29, 0.717) is 0 Å². The average Bonchev–Trinajstić information content (AvgIpc) is 2.25. The number of alkyl halides is 5.